The van der Waals surface area contributed by atoms with Gasteiger partial charge in [0.15, 0.2) is 5.96 Å². The highest BCUT2D eigenvalue weighted by atomic mass is 19.1. The maximum absolute atomic E-state index is 13.1. The van der Waals surface area contributed by atoms with Crippen LogP contribution in [0.15, 0.2) is 29.3 Å². The Kier molecular flexibility index (Phi) is 8.70. The number of aliphatic imine (C=N–C) groups is 1. The molecule has 3 N–H and O–H groups in total. The van der Waals surface area contributed by atoms with Gasteiger partial charge in [-0.2, -0.15) is 0 Å². The molecule has 2 aliphatic rings. The van der Waals surface area contributed by atoms with Crippen LogP contribution >= 0.6 is 0 Å². The Morgan fingerprint density at radius 2 is 1.80 bits per heavy atom. The van der Waals surface area contributed by atoms with Gasteiger partial charge in [-0.15, -0.1) is 0 Å². The summed E-state index contributed by atoms with van der Waals surface area (Å²) in [7, 11) is 0. The van der Waals surface area contributed by atoms with Crippen LogP contribution in [-0.2, 0) is 9.53 Å². The predicted molar refractivity (Wildman–Crippen MR) is 116 cm³/mol. The number of ether oxygens (including phenoxy) is 1. The predicted octanol–water partition coefficient (Wildman–Crippen LogP) is 0.491. The Labute approximate surface area is 177 Å². The molecule has 3 rings (SSSR count). The number of guanidine groups is 1. The van der Waals surface area contributed by atoms with Gasteiger partial charge in [-0.1, -0.05) is 0 Å². The second-order valence-electron chi connectivity index (χ2n) is 7.60. The quantitative estimate of drug-likeness (QED) is 0.362. The number of nitrogens with two attached hydrogens (primary N) is 1. The molecule has 1 amide bonds. The number of hydrogen-bond acceptors (Lipinski definition) is 5. The molecular formula is C21H33FN6O2. The minimum absolute atomic E-state index is 0.112. The van der Waals surface area contributed by atoms with Crippen molar-refractivity contribution in [1.82, 2.24) is 15.1 Å². The van der Waals surface area contributed by atoms with Crippen molar-refractivity contribution in [3.63, 3.8) is 0 Å². The molecule has 0 atom stereocenters. The van der Waals surface area contributed by atoms with Gasteiger partial charge in [-0.05, 0) is 30.7 Å². The van der Waals surface area contributed by atoms with Crippen LogP contribution in [0, 0.1) is 5.82 Å². The fraction of sp³-hybridized carbons (Fsp3) is 0.619. The molecule has 0 aliphatic carbocycles. The first kappa shape index (κ1) is 22.3. The van der Waals surface area contributed by atoms with Crippen molar-refractivity contribution < 1.29 is 13.9 Å². The van der Waals surface area contributed by atoms with Gasteiger partial charge >= 0.3 is 0 Å². The molecule has 2 aliphatic heterocycles. The lowest BCUT2D eigenvalue weighted by atomic mass is 10.2. The summed E-state index contributed by atoms with van der Waals surface area (Å²) in [6, 6.07) is 6.49. The lowest BCUT2D eigenvalue weighted by Crippen LogP contribution is -2.49. The number of rotatable bonds is 8. The van der Waals surface area contributed by atoms with E-state index >= 15 is 0 Å². The normalized spacial score (nSPS) is 18.5. The Hall–Kier alpha value is -2.39. The highest BCUT2D eigenvalue weighted by molar-refractivity contribution is 5.80. The molecular weight excluding hydrogens is 387 g/mol. The number of anilines is 1. The van der Waals surface area contributed by atoms with Crippen molar-refractivity contribution in [2.24, 2.45) is 10.7 Å². The van der Waals surface area contributed by atoms with Gasteiger partial charge in [0.2, 0.25) is 5.91 Å². The third-order valence-electron chi connectivity index (χ3n) is 5.49. The third kappa shape index (κ3) is 7.14. The van der Waals surface area contributed by atoms with E-state index < -0.39 is 0 Å². The average molecular weight is 421 g/mol. The van der Waals surface area contributed by atoms with Crippen molar-refractivity contribution in [1.29, 1.82) is 0 Å². The number of piperazine rings is 1. The van der Waals surface area contributed by atoms with Gasteiger partial charge in [0.05, 0.1) is 13.2 Å². The standard InChI is InChI=1S/C21H33FN6O2/c22-18-2-4-19(5-3-18)27-10-12-28(13-11-27)20(29)6-8-25-21(23)24-7-1-9-26-14-16-30-17-15-26/h2-5H,1,6-17H2,(H3,23,24,25). The number of carbonyl (C=O) groups is 1. The topological polar surface area (TPSA) is 86.4 Å². The Bertz CT molecular complexity index is 685. The summed E-state index contributed by atoms with van der Waals surface area (Å²) >= 11 is 0. The Morgan fingerprint density at radius 3 is 2.50 bits per heavy atom. The molecule has 8 nitrogen and oxygen atoms in total. The summed E-state index contributed by atoms with van der Waals surface area (Å²) in [6.07, 6.45) is 1.35. The molecule has 2 heterocycles. The summed E-state index contributed by atoms with van der Waals surface area (Å²) in [5.74, 6) is 0.271. The number of amides is 1. The molecule has 0 unspecified atom stereocenters. The molecule has 30 heavy (non-hydrogen) atoms. The third-order valence-corrected chi connectivity index (χ3v) is 5.49. The fourth-order valence-corrected chi connectivity index (χ4v) is 3.70. The van der Waals surface area contributed by atoms with Crippen LogP contribution in [-0.4, -0.2) is 93.8 Å². The fourth-order valence-electron chi connectivity index (χ4n) is 3.70. The lowest BCUT2D eigenvalue weighted by molar-refractivity contribution is -0.131. The van der Waals surface area contributed by atoms with Crippen LogP contribution in [0.5, 0.6) is 0 Å². The van der Waals surface area contributed by atoms with Crippen LogP contribution in [0.3, 0.4) is 0 Å². The zero-order valence-electron chi connectivity index (χ0n) is 17.6. The second kappa shape index (κ2) is 11.7. The van der Waals surface area contributed by atoms with E-state index in [-0.39, 0.29) is 11.7 Å². The molecule has 0 saturated carbocycles. The van der Waals surface area contributed by atoms with E-state index in [4.69, 9.17) is 10.5 Å². The zero-order valence-corrected chi connectivity index (χ0v) is 17.6. The first-order valence-electron chi connectivity index (χ1n) is 10.7. The van der Waals surface area contributed by atoms with E-state index in [1.807, 2.05) is 4.90 Å². The minimum atomic E-state index is -0.236. The summed E-state index contributed by atoms with van der Waals surface area (Å²) in [5.41, 5.74) is 6.89. The van der Waals surface area contributed by atoms with Crippen LogP contribution in [0.4, 0.5) is 10.1 Å². The largest absolute Gasteiger partial charge is 0.379 e. The summed E-state index contributed by atoms with van der Waals surface area (Å²) in [6.45, 7) is 8.57. The second-order valence-corrected chi connectivity index (χ2v) is 7.60. The number of hydrogen-bond donors (Lipinski definition) is 2. The number of carbonyl (C=O) groups excluding carboxylic acids is 1. The number of nitrogens with zero attached hydrogens (tertiary/aromatic N) is 4. The Morgan fingerprint density at radius 1 is 1.10 bits per heavy atom. The minimum Gasteiger partial charge on any atom is -0.379 e. The smallest absolute Gasteiger partial charge is 0.224 e. The van der Waals surface area contributed by atoms with Crippen LogP contribution in [0.1, 0.15) is 12.8 Å². The molecule has 2 saturated heterocycles. The van der Waals surface area contributed by atoms with E-state index in [0.717, 1.165) is 58.0 Å². The molecule has 0 spiro atoms. The molecule has 9 heteroatoms. The summed E-state index contributed by atoms with van der Waals surface area (Å²) in [4.78, 5) is 23.2. The van der Waals surface area contributed by atoms with Gasteiger partial charge in [0.25, 0.3) is 0 Å². The average Bonchev–Trinajstić information content (AvgIpc) is 2.78. The van der Waals surface area contributed by atoms with E-state index in [1.165, 1.54) is 12.1 Å². The molecule has 0 radical (unpaired) electrons. The molecule has 166 valence electrons. The van der Waals surface area contributed by atoms with Crippen LogP contribution < -0.4 is 16.0 Å². The van der Waals surface area contributed by atoms with E-state index in [1.54, 1.807) is 12.1 Å². The first-order chi connectivity index (χ1) is 14.6. The van der Waals surface area contributed by atoms with Gasteiger partial charge in [-0.3, -0.25) is 14.7 Å². The first-order valence-corrected chi connectivity index (χ1v) is 10.7. The summed E-state index contributed by atoms with van der Waals surface area (Å²) in [5, 5.41) is 3.03. The number of benzene rings is 1. The van der Waals surface area contributed by atoms with Crippen molar-refractivity contribution in [2.75, 3.05) is 77.0 Å². The molecule has 1 aromatic carbocycles. The van der Waals surface area contributed by atoms with Crippen LogP contribution in [0.25, 0.3) is 0 Å². The van der Waals surface area contributed by atoms with E-state index in [2.05, 4.69) is 20.1 Å². The number of nitrogens with one attached hydrogen (secondary N) is 1. The van der Waals surface area contributed by atoms with Gasteiger partial charge in [-0.25, -0.2) is 4.39 Å². The Balaban J connectivity index is 1.27. The monoisotopic (exact) mass is 420 g/mol. The van der Waals surface area contributed by atoms with Crippen molar-refractivity contribution in [3.05, 3.63) is 30.1 Å². The van der Waals surface area contributed by atoms with E-state index in [9.17, 15) is 9.18 Å². The van der Waals surface area contributed by atoms with Crippen molar-refractivity contribution in [2.45, 2.75) is 12.8 Å². The molecule has 0 aromatic heterocycles. The number of morpholine rings is 1. The van der Waals surface area contributed by atoms with Crippen molar-refractivity contribution >= 4 is 17.6 Å². The SMILES string of the molecule is NC(=NCCCN1CCOCC1)NCCC(=O)N1CCN(c2ccc(F)cc2)CC1. The molecule has 1 aromatic rings. The molecule has 0 bridgehead atoms. The van der Waals surface area contributed by atoms with Gasteiger partial charge < -0.3 is 25.6 Å². The maximum atomic E-state index is 13.1. The number of halogens is 1. The van der Waals surface area contributed by atoms with Gasteiger partial charge in [0.1, 0.15) is 5.82 Å². The van der Waals surface area contributed by atoms with E-state index in [0.29, 0.717) is 38.6 Å². The molecule has 2 fully saturated rings. The highest BCUT2D eigenvalue weighted by Gasteiger charge is 2.21. The highest BCUT2D eigenvalue weighted by Crippen LogP contribution is 2.17. The summed E-state index contributed by atoms with van der Waals surface area (Å²) < 4.78 is 18.4. The van der Waals surface area contributed by atoms with Gasteiger partial charge in [0, 0.05) is 71.0 Å². The lowest BCUT2D eigenvalue weighted by Gasteiger charge is -2.36. The van der Waals surface area contributed by atoms with Crippen molar-refractivity contribution in [3.8, 4) is 0 Å². The maximum Gasteiger partial charge on any atom is 0.224 e. The van der Waals surface area contributed by atoms with Crippen LogP contribution in [0.2, 0.25) is 0 Å². The zero-order chi connectivity index (χ0) is 21.2.